The minimum Gasteiger partial charge on any atom is -0.481 e. The molecule has 15 heavy (non-hydrogen) atoms. The lowest BCUT2D eigenvalue weighted by Gasteiger charge is -2.10. The Morgan fingerprint density at radius 2 is 1.87 bits per heavy atom. The van der Waals surface area contributed by atoms with Crippen molar-refractivity contribution in [3.8, 4) is 0 Å². The first-order valence-corrected chi connectivity index (χ1v) is 5.43. The first kappa shape index (κ1) is 10.5. The maximum atomic E-state index is 11.3. The van der Waals surface area contributed by atoms with Gasteiger partial charge in [-0.2, -0.15) is 0 Å². The molecule has 2 saturated carbocycles. The van der Waals surface area contributed by atoms with Crippen molar-refractivity contribution < 1.29 is 19.4 Å². The fraction of sp³-hybridized carbons (Fsp3) is 0.818. The average Bonchev–Trinajstić information content (AvgIpc) is 2.88. The van der Waals surface area contributed by atoms with E-state index >= 15 is 0 Å². The van der Waals surface area contributed by atoms with Crippen molar-refractivity contribution in [3.63, 3.8) is 0 Å². The lowest BCUT2D eigenvalue weighted by Crippen LogP contribution is -2.23. The molecule has 0 bridgehead atoms. The van der Waals surface area contributed by atoms with Gasteiger partial charge in [0.05, 0.1) is 18.9 Å². The standard InChI is InChI=1S/C11H16O4/c1-15-9(12)6-11(10(13)14)7-4-2-3-5-8(7)11/h7-8H,2-6H2,1H3,(H,13,14). The maximum Gasteiger partial charge on any atom is 0.310 e. The molecular weight excluding hydrogens is 196 g/mol. The highest BCUT2D eigenvalue weighted by atomic mass is 16.5. The van der Waals surface area contributed by atoms with E-state index in [-0.39, 0.29) is 18.3 Å². The van der Waals surface area contributed by atoms with Gasteiger partial charge in [0.1, 0.15) is 0 Å². The van der Waals surface area contributed by atoms with E-state index in [0.29, 0.717) is 0 Å². The summed E-state index contributed by atoms with van der Waals surface area (Å²) in [6.45, 7) is 0. The maximum absolute atomic E-state index is 11.3. The molecule has 4 nitrogen and oxygen atoms in total. The SMILES string of the molecule is COC(=O)CC1(C(=O)O)C2CCCCC21. The van der Waals surface area contributed by atoms with E-state index in [1.165, 1.54) is 7.11 Å². The number of fused-ring (bicyclic) bond motifs is 1. The number of esters is 1. The molecule has 0 spiro atoms. The second-order valence-electron chi connectivity index (χ2n) is 4.60. The Morgan fingerprint density at radius 3 is 2.27 bits per heavy atom. The number of hydrogen-bond donors (Lipinski definition) is 1. The monoisotopic (exact) mass is 212 g/mol. The number of carboxylic acid groups (broad SMARTS) is 1. The van der Waals surface area contributed by atoms with Gasteiger partial charge in [-0.1, -0.05) is 12.8 Å². The van der Waals surface area contributed by atoms with Crippen LogP contribution in [0.15, 0.2) is 0 Å². The number of carbonyl (C=O) groups is 2. The van der Waals surface area contributed by atoms with Gasteiger partial charge in [0, 0.05) is 0 Å². The van der Waals surface area contributed by atoms with Crippen molar-refractivity contribution in [1.82, 2.24) is 0 Å². The summed E-state index contributed by atoms with van der Waals surface area (Å²) >= 11 is 0. The zero-order chi connectivity index (χ0) is 11.1. The van der Waals surface area contributed by atoms with Gasteiger partial charge in [-0.25, -0.2) is 0 Å². The van der Waals surface area contributed by atoms with Crippen LogP contribution in [0.5, 0.6) is 0 Å². The molecule has 0 aliphatic heterocycles. The fourth-order valence-corrected chi connectivity index (χ4v) is 3.22. The van der Waals surface area contributed by atoms with Crippen molar-refractivity contribution in [3.05, 3.63) is 0 Å². The van der Waals surface area contributed by atoms with E-state index in [2.05, 4.69) is 4.74 Å². The molecule has 2 aliphatic carbocycles. The summed E-state index contributed by atoms with van der Waals surface area (Å²) in [5, 5.41) is 9.27. The largest absolute Gasteiger partial charge is 0.481 e. The lowest BCUT2D eigenvalue weighted by atomic mass is 9.97. The predicted octanol–water partition coefficient (Wildman–Crippen LogP) is 1.44. The quantitative estimate of drug-likeness (QED) is 0.719. The Hall–Kier alpha value is -1.06. The van der Waals surface area contributed by atoms with Crippen LogP contribution in [0.1, 0.15) is 32.1 Å². The van der Waals surface area contributed by atoms with E-state index in [1.807, 2.05) is 0 Å². The molecule has 2 fully saturated rings. The van der Waals surface area contributed by atoms with Crippen LogP contribution in [0.3, 0.4) is 0 Å². The third-order valence-electron chi connectivity index (χ3n) is 4.04. The fourth-order valence-electron chi connectivity index (χ4n) is 3.22. The zero-order valence-corrected chi connectivity index (χ0v) is 8.86. The second kappa shape index (κ2) is 3.51. The molecule has 84 valence electrons. The van der Waals surface area contributed by atoms with E-state index in [4.69, 9.17) is 0 Å². The van der Waals surface area contributed by atoms with E-state index < -0.39 is 17.4 Å². The number of hydrogen-bond acceptors (Lipinski definition) is 3. The highest BCUT2D eigenvalue weighted by Gasteiger charge is 2.70. The van der Waals surface area contributed by atoms with Crippen LogP contribution in [0, 0.1) is 17.3 Å². The Balaban J connectivity index is 2.13. The van der Waals surface area contributed by atoms with Crippen LogP contribution < -0.4 is 0 Å². The summed E-state index contributed by atoms with van der Waals surface area (Å²) in [6.07, 6.45) is 4.14. The van der Waals surface area contributed by atoms with Gasteiger partial charge in [0.2, 0.25) is 0 Å². The first-order chi connectivity index (χ1) is 7.13. The molecule has 0 amide bonds. The van der Waals surface area contributed by atoms with Gasteiger partial charge < -0.3 is 9.84 Å². The first-order valence-electron chi connectivity index (χ1n) is 5.43. The number of rotatable bonds is 3. The molecule has 2 unspecified atom stereocenters. The second-order valence-corrected chi connectivity index (χ2v) is 4.60. The highest BCUT2D eigenvalue weighted by molar-refractivity contribution is 5.86. The highest BCUT2D eigenvalue weighted by Crippen LogP contribution is 2.67. The molecule has 0 saturated heterocycles. The molecule has 1 N–H and O–H groups in total. The van der Waals surface area contributed by atoms with Crippen LogP contribution in [-0.2, 0) is 14.3 Å². The van der Waals surface area contributed by atoms with Gasteiger partial charge in [0.25, 0.3) is 0 Å². The number of carboxylic acids is 1. The normalized spacial score (nSPS) is 37.9. The average molecular weight is 212 g/mol. The molecule has 0 radical (unpaired) electrons. The number of methoxy groups -OCH3 is 1. The van der Waals surface area contributed by atoms with Crippen LogP contribution in [-0.4, -0.2) is 24.2 Å². The van der Waals surface area contributed by atoms with Gasteiger partial charge in [-0.15, -0.1) is 0 Å². The minimum atomic E-state index is -0.815. The van der Waals surface area contributed by atoms with Crippen molar-refractivity contribution in [2.24, 2.45) is 17.3 Å². The summed E-state index contributed by atoms with van der Waals surface area (Å²) in [5.74, 6) is -0.790. The molecular formula is C11H16O4. The lowest BCUT2D eigenvalue weighted by molar-refractivity contribution is -0.152. The molecule has 0 aromatic rings. The Morgan fingerprint density at radius 1 is 1.33 bits per heavy atom. The van der Waals surface area contributed by atoms with Gasteiger partial charge in [-0.05, 0) is 24.7 Å². The van der Waals surface area contributed by atoms with Gasteiger partial charge in [0.15, 0.2) is 0 Å². The zero-order valence-electron chi connectivity index (χ0n) is 8.86. The molecule has 0 heterocycles. The Kier molecular flexibility index (Phi) is 2.44. The number of ether oxygens (including phenoxy) is 1. The molecule has 2 atom stereocenters. The molecule has 0 aromatic heterocycles. The number of carbonyl (C=O) groups excluding carboxylic acids is 1. The van der Waals surface area contributed by atoms with Crippen LogP contribution in [0.2, 0.25) is 0 Å². The Labute approximate surface area is 88.6 Å². The van der Waals surface area contributed by atoms with Gasteiger partial charge >= 0.3 is 11.9 Å². The van der Waals surface area contributed by atoms with Crippen molar-refractivity contribution in [1.29, 1.82) is 0 Å². The van der Waals surface area contributed by atoms with Gasteiger partial charge in [-0.3, -0.25) is 9.59 Å². The third-order valence-corrected chi connectivity index (χ3v) is 4.04. The van der Waals surface area contributed by atoms with E-state index in [9.17, 15) is 14.7 Å². The summed E-state index contributed by atoms with van der Waals surface area (Å²) in [4.78, 5) is 22.5. The van der Waals surface area contributed by atoms with Crippen molar-refractivity contribution in [2.75, 3.05) is 7.11 Å². The summed E-state index contributed by atoms with van der Waals surface area (Å²) in [6, 6.07) is 0. The van der Waals surface area contributed by atoms with Crippen LogP contribution in [0.25, 0.3) is 0 Å². The van der Waals surface area contributed by atoms with Crippen molar-refractivity contribution in [2.45, 2.75) is 32.1 Å². The predicted molar refractivity (Wildman–Crippen MR) is 52.1 cm³/mol. The molecule has 2 rings (SSSR count). The van der Waals surface area contributed by atoms with Crippen molar-refractivity contribution >= 4 is 11.9 Å². The molecule has 2 aliphatic rings. The molecule has 4 heteroatoms. The number of aliphatic carboxylic acids is 1. The smallest absolute Gasteiger partial charge is 0.310 e. The van der Waals surface area contributed by atoms with E-state index in [0.717, 1.165) is 25.7 Å². The molecule has 0 aromatic carbocycles. The third kappa shape index (κ3) is 1.43. The summed E-state index contributed by atoms with van der Waals surface area (Å²) in [7, 11) is 1.31. The summed E-state index contributed by atoms with van der Waals surface area (Å²) < 4.78 is 4.58. The summed E-state index contributed by atoms with van der Waals surface area (Å²) in [5.41, 5.74) is -0.788. The minimum absolute atomic E-state index is 0.0498. The topological polar surface area (TPSA) is 63.6 Å². The Bertz CT molecular complexity index is 285. The van der Waals surface area contributed by atoms with E-state index in [1.54, 1.807) is 0 Å². The van der Waals surface area contributed by atoms with Crippen LogP contribution >= 0.6 is 0 Å². The van der Waals surface area contributed by atoms with Crippen LogP contribution in [0.4, 0.5) is 0 Å².